The zero-order valence-electron chi connectivity index (χ0n) is 11.4. The van der Waals surface area contributed by atoms with Crippen molar-refractivity contribution in [1.29, 1.82) is 0 Å². The van der Waals surface area contributed by atoms with Gasteiger partial charge in [0.15, 0.2) is 0 Å². The van der Waals surface area contributed by atoms with E-state index in [2.05, 4.69) is 22.6 Å². The number of carboxylic acid groups (broad SMARTS) is 1. The first kappa shape index (κ1) is 21.9. The third-order valence-electron chi connectivity index (χ3n) is 1.06. The summed E-state index contributed by atoms with van der Waals surface area (Å²) in [5.41, 5.74) is 0. The normalized spacial score (nSPS) is 7.95. The molecule has 1 N–H and O–H groups in total. The zero-order valence-corrected chi connectivity index (χ0v) is 11.4. The molecule has 0 aliphatic rings. The number of carbonyl (C=O) groups is 3. The molecule has 108 valence electrons. The molecule has 0 bridgehead atoms. The maximum absolute atomic E-state index is 10.1. The van der Waals surface area contributed by atoms with Crippen molar-refractivity contribution < 1.29 is 29.0 Å². The molecule has 19 heavy (non-hydrogen) atoms. The van der Waals surface area contributed by atoms with Gasteiger partial charge in [-0.15, -0.1) is 0 Å². The van der Waals surface area contributed by atoms with Crippen LogP contribution >= 0.6 is 0 Å². The third kappa shape index (κ3) is 39.0. The highest BCUT2D eigenvalue weighted by Gasteiger charge is 1.89. The molecular formula is C13H20O6. The standard InChI is InChI=1S/C5H8O2.2C4H6O2/c1-3-5(6)7-4-2;1-3-6-4(2)5;1-2-3-4(5)6/h4H,2-3H2,1H3;3H,1H2,2H3;2-3H,1H3,(H,5,6)/b;;3-2+. The van der Waals surface area contributed by atoms with Gasteiger partial charge < -0.3 is 14.6 Å². The molecule has 0 saturated carbocycles. The summed E-state index contributed by atoms with van der Waals surface area (Å²) in [7, 11) is 0. The Morgan fingerprint density at radius 2 is 1.63 bits per heavy atom. The number of carbonyl (C=O) groups excluding carboxylic acids is 2. The predicted molar refractivity (Wildman–Crippen MR) is 71.0 cm³/mol. The summed E-state index contributed by atoms with van der Waals surface area (Å²) in [5.74, 6) is -1.46. The van der Waals surface area contributed by atoms with Gasteiger partial charge in [0.25, 0.3) is 0 Å². The van der Waals surface area contributed by atoms with Gasteiger partial charge in [-0.2, -0.15) is 0 Å². The first-order chi connectivity index (χ1) is 8.85. The Balaban J connectivity index is -0.000000203. The van der Waals surface area contributed by atoms with Crippen molar-refractivity contribution in [3.05, 3.63) is 37.8 Å². The van der Waals surface area contributed by atoms with E-state index in [-0.39, 0.29) is 11.9 Å². The number of hydrogen-bond acceptors (Lipinski definition) is 5. The monoisotopic (exact) mass is 272 g/mol. The van der Waals surface area contributed by atoms with Gasteiger partial charge in [0.2, 0.25) is 0 Å². The van der Waals surface area contributed by atoms with Crippen LogP contribution in [-0.4, -0.2) is 23.0 Å². The highest BCUT2D eigenvalue weighted by Crippen LogP contribution is 1.81. The minimum absolute atomic E-state index is 0.241. The summed E-state index contributed by atoms with van der Waals surface area (Å²) in [6, 6.07) is 0. The number of rotatable bonds is 4. The van der Waals surface area contributed by atoms with E-state index >= 15 is 0 Å². The molecule has 6 heteroatoms. The van der Waals surface area contributed by atoms with E-state index in [1.54, 1.807) is 13.8 Å². The number of allylic oxidation sites excluding steroid dienone is 1. The van der Waals surface area contributed by atoms with Gasteiger partial charge in [-0.3, -0.25) is 9.59 Å². The van der Waals surface area contributed by atoms with Crippen LogP contribution in [0.5, 0.6) is 0 Å². The molecule has 0 unspecified atom stereocenters. The maximum Gasteiger partial charge on any atom is 0.327 e. The SMILES string of the molecule is C/C=C/C(=O)O.C=COC(=O)CC.C=COC(C)=O. The Hall–Kier alpha value is -2.37. The molecule has 0 aliphatic carbocycles. The third-order valence-corrected chi connectivity index (χ3v) is 1.06. The van der Waals surface area contributed by atoms with E-state index in [1.165, 1.54) is 13.0 Å². The molecule has 0 spiro atoms. The van der Waals surface area contributed by atoms with E-state index in [0.717, 1.165) is 18.6 Å². The van der Waals surface area contributed by atoms with Crippen molar-refractivity contribution in [3.63, 3.8) is 0 Å². The Bertz CT molecular complexity index is 317. The molecule has 0 amide bonds. The van der Waals surface area contributed by atoms with Crippen molar-refractivity contribution >= 4 is 17.9 Å². The fourth-order valence-electron chi connectivity index (χ4n) is 0.436. The first-order valence-electron chi connectivity index (χ1n) is 5.29. The number of aliphatic carboxylic acids is 1. The van der Waals surface area contributed by atoms with Crippen molar-refractivity contribution in [2.24, 2.45) is 0 Å². The largest absolute Gasteiger partial charge is 0.478 e. The lowest BCUT2D eigenvalue weighted by Gasteiger charge is -1.88. The van der Waals surface area contributed by atoms with Crippen LogP contribution in [0, 0.1) is 0 Å². The number of ether oxygens (including phenoxy) is 2. The lowest BCUT2D eigenvalue weighted by molar-refractivity contribution is -0.137. The lowest BCUT2D eigenvalue weighted by Crippen LogP contribution is -1.94. The van der Waals surface area contributed by atoms with Crippen LogP contribution in [0.25, 0.3) is 0 Å². The van der Waals surface area contributed by atoms with Gasteiger partial charge in [0, 0.05) is 19.4 Å². The van der Waals surface area contributed by atoms with Crippen LogP contribution in [-0.2, 0) is 23.9 Å². The van der Waals surface area contributed by atoms with Crippen molar-refractivity contribution in [3.8, 4) is 0 Å². The van der Waals surface area contributed by atoms with Gasteiger partial charge in [-0.25, -0.2) is 4.79 Å². The maximum atomic E-state index is 10.1. The predicted octanol–water partition coefficient (Wildman–Crippen LogP) is 2.42. The smallest absolute Gasteiger partial charge is 0.327 e. The summed E-state index contributed by atoms with van der Waals surface area (Å²) in [4.78, 5) is 29.4. The molecule has 0 aliphatic heterocycles. The van der Waals surface area contributed by atoms with Crippen molar-refractivity contribution in [2.75, 3.05) is 0 Å². The molecule has 0 atom stereocenters. The molecule has 0 aromatic carbocycles. The summed E-state index contributed by atoms with van der Waals surface area (Å²) in [6.45, 7) is 11.1. The average Bonchev–Trinajstić information content (AvgIpc) is 2.30. The van der Waals surface area contributed by atoms with Crippen molar-refractivity contribution in [2.45, 2.75) is 27.2 Å². The number of hydrogen-bond donors (Lipinski definition) is 1. The van der Waals surface area contributed by atoms with Gasteiger partial charge >= 0.3 is 17.9 Å². The molecule has 0 aromatic heterocycles. The Morgan fingerprint density at radius 1 is 1.16 bits per heavy atom. The Kier molecular flexibility index (Phi) is 20.7. The first-order valence-corrected chi connectivity index (χ1v) is 5.29. The van der Waals surface area contributed by atoms with E-state index in [0.29, 0.717) is 6.42 Å². The van der Waals surface area contributed by atoms with E-state index in [9.17, 15) is 14.4 Å². The topological polar surface area (TPSA) is 89.9 Å². The molecule has 0 radical (unpaired) electrons. The molecule has 6 nitrogen and oxygen atoms in total. The Labute approximate surface area is 113 Å². The van der Waals surface area contributed by atoms with Gasteiger partial charge in [0.05, 0.1) is 12.5 Å². The average molecular weight is 272 g/mol. The van der Waals surface area contributed by atoms with Crippen LogP contribution < -0.4 is 0 Å². The van der Waals surface area contributed by atoms with Crippen LogP contribution in [0.1, 0.15) is 27.2 Å². The van der Waals surface area contributed by atoms with Crippen molar-refractivity contribution in [1.82, 2.24) is 0 Å². The summed E-state index contributed by atoms with van der Waals surface area (Å²) < 4.78 is 8.48. The molecule has 0 saturated heterocycles. The zero-order chi connectivity index (χ0) is 15.7. The van der Waals surface area contributed by atoms with Crippen LogP contribution in [0.4, 0.5) is 0 Å². The summed E-state index contributed by atoms with van der Waals surface area (Å²) in [5, 5.41) is 7.83. The summed E-state index contributed by atoms with van der Waals surface area (Å²) in [6.07, 6.45) is 5.20. The second kappa shape index (κ2) is 18.0. The highest BCUT2D eigenvalue weighted by atomic mass is 16.5. The minimum atomic E-state index is -0.891. The van der Waals surface area contributed by atoms with Crippen LogP contribution in [0.15, 0.2) is 37.8 Å². The second-order valence-electron chi connectivity index (χ2n) is 2.62. The molecular weight excluding hydrogens is 252 g/mol. The summed E-state index contributed by atoms with van der Waals surface area (Å²) >= 11 is 0. The number of carboxylic acids is 1. The van der Waals surface area contributed by atoms with Gasteiger partial charge in [0.1, 0.15) is 0 Å². The molecule has 0 aromatic rings. The fourth-order valence-corrected chi connectivity index (χ4v) is 0.436. The Morgan fingerprint density at radius 3 is 1.68 bits per heavy atom. The quantitative estimate of drug-likeness (QED) is 0.480. The molecule has 0 heterocycles. The molecule has 0 fully saturated rings. The van der Waals surface area contributed by atoms with Gasteiger partial charge in [-0.05, 0) is 6.92 Å². The van der Waals surface area contributed by atoms with Crippen LogP contribution in [0.3, 0.4) is 0 Å². The lowest BCUT2D eigenvalue weighted by atomic mass is 10.5. The minimum Gasteiger partial charge on any atom is -0.478 e. The fraction of sp³-hybridized carbons (Fsp3) is 0.308. The molecule has 0 rings (SSSR count). The van der Waals surface area contributed by atoms with E-state index < -0.39 is 5.97 Å². The highest BCUT2D eigenvalue weighted by molar-refractivity contribution is 5.79. The van der Waals surface area contributed by atoms with Gasteiger partial charge in [-0.1, -0.05) is 26.2 Å². The second-order valence-corrected chi connectivity index (χ2v) is 2.62. The van der Waals surface area contributed by atoms with E-state index in [4.69, 9.17) is 5.11 Å². The van der Waals surface area contributed by atoms with Crippen LogP contribution in [0.2, 0.25) is 0 Å². The van der Waals surface area contributed by atoms with E-state index in [1.807, 2.05) is 0 Å². The number of esters is 2.